The van der Waals surface area contributed by atoms with Gasteiger partial charge in [-0.25, -0.2) is 8.78 Å². The number of pyridine rings is 1. The molecule has 1 aromatic rings. The summed E-state index contributed by atoms with van der Waals surface area (Å²) in [6.45, 7) is 5.40. The SMILES string of the molecule is Cc1cc(/C=N/[S+]([O-])C(C)(C)C)ncc1OCC(F)(F)C(F)F. The van der Waals surface area contributed by atoms with E-state index in [9.17, 15) is 22.1 Å². The average Bonchev–Trinajstić information content (AvgIpc) is 2.42. The van der Waals surface area contributed by atoms with Crippen molar-refractivity contribution < 1.29 is 26.9 Å². The van der Waals surface area contributed by atoms with Crippen LogP contribution in [0, 0.1) is 6.92 Å². The molecule has 1 atom stereocenters. The fraction of sp³-hybridized carbons (Fsp3) is 0.571. The Kier molecular flexibility index (Phi) is 6.41. The van der Waals surface area contributed by atoms with Crippen molar-refractivity contribution in [1.29, 1.82) is 0 Å². The van der Waals surface area contributed by atoms with Gasteiger partial charge in [-0.3, -0.25) is 4.98 Å². The molecule has 1 unspecified atom stereocenters. The highest BCUT2D eigenvalue weighted by atomic mass is 32.2. The van der Waals surface area contributed by atoms with Crippen molar-refractivity contribution in [2.75, 3.05) is 6.61 Å². The number of aryl methyl sites for hydroxylation is 1. The molecule has 1 rings (SSSR count). The summed E-state index contributed by atoms with van der Waals surface area (Å²) in [5.41, 5.74) is 0.779. The van der Waals surface area contributed by atoms with Crippen molar-refractivity contribution in [2.45, 2.75) is 44.8 Å². The third kappa shape index (κ3) is 5.98. The van der Waals surface area contributed by atoms with E-state index in [1.807, 2.05) is 0 Å². The van der Waals surface area contributed by atoms with Gasteiger partial charge in [0.15, 0.2) is 6.61 Å². The number of hydrogen-bond donors (Lipinski definition) is 0. The normalized spacial score (nSPS) is 14.5. The van der Waals surface area contributed by atoms with Crippen molar-refractivity contribution in [3.63, 3.8) is 0 Å². The number of halogens is 4. The Bertz CT molecular complexity index is 562. The molecule has 0 N–H and O–H groups in total. The average molecular weight is 354 g/mol. The highest BCUT2D eigenvalue weighted by Gasteiger charge is 2.41. The predicted molar refractivity (Wildman–Crippen MR) is 80.9 cm³/mol. The first-order valence-electron chi connectivity index (χ1n) is 6.65. The minimum atomic E-state index is -4.23. The van der Waals surface area contributed by atoms with Crippen LogP contribution in [0.4, 0.5) is 17.6 Å². The van der Waals surface area contributed by atoms with E-state index >= 15 is 0 Å². The van der Waals surface area contributed by atoms with Crippen LogP contribution in [-0.4, -0.2) is 39.5 Å². The Balaban J connectivity index is 2.77. The third-order valence-electron chi connectivity index (χ3n) is 2.63. The van der Waals surface area contributed by atoms with Gasteiger partial charge in [-0.05, 0) is 39.3 Å². The summed E-state index contributed by atoms with van der Waals surface area (Å²) in [4.78, 5) is 3.90. The maximum absolute atomic E-state index is 12.8. The van der Waals surface area contributed by atoms with Crippen molar-refractivity contribution in [2.24, 2.45) is 4.40 Å². The molecule has 9 heteroatoms. The third-order valence-corrected chi connectivity index (χ3v) is 3.97. The van der Waals surface area contributed by atoms with Crippen LogP contribution in [0.1, 0.15) is 32.0 Å². The van der Waals surface area contributed by atoms with Gasteiger partial charge in [0.25, 0.3) is 0 Å². The smallest absolute Gasteiger partial charge is 0.340 e. The van der Waals surface area contributed by atoms with Crippen LogP contribution in [0.15, 0.2) is 16.7 Å². The lowest BCUT2D eigenvalue weighted by Crippen LogP contribution is -2.33. The first kappa shape index (κ1) is 19.7. The molecule has 0 aromatic carbocycles. The summed E-state index contributed by atoms with van der Waals surface area (Å²) >= 11 is -1.45. The second-order valence-corrected chi connectivity index (χ2v) is 7.75. The molecule has 4 nitrogen and oxygen atoms in total. The maximum atomic E-state index is 12.8. The number of hydrogen-bond acceptors (Lipinski definition) is 4. The number of aromatic nitrogens is 1. The molecule has 0 bridgehead atoms. The van der Waals surface area contributed by atoms with Crippen LogP contribution < -0.4 is 4.74 Å². The zero-order valence-corrected chi connectivity index (χ0v) is 14.0. The summed E-state index contributed by atoms with van der Waals surface area (Å²) in [6, 6.07) is 1.47. The van der Waals surface area contributed by atoms with E-state index in [0.29, 0.717) is 11.3 Å². The topological polar surface area (TPSA) is 57.5 Å². The number of rotatable bonds is 6. The summed E-state index contributed by atoms with van der Waals surface area (Å²) < 4.78 is 69.6. The van der Waals surface area contributed by atoms with Gasteiger partial charge < -0.3 is 9.29 Å². The molecule has 0 spiro atoms. The fourth-order valence-electron chi connectivity index (χ4n) is 1.28. The second kappa shape index (κ2) is 7.48. The maximum Gasteiger partial charge on any atom is 0.340 e. The van der Waals surface area contributed by atoms with Gasteiger partial charge in [0, 0.05) is 0 Å². The number of ether oxygens (including phenoxy) is 1. The zero-order valence-electron chi connectivity index (χ0n) is 13.1. The van der Waals surface area contributed by atoms with Gasteiger partial charge >= 0.3 is 12.3 Å². The van der Waals surface area contributed by atoms with Crippen molar-refractivity contribution >= 4 is 17.6 Å². The molecule has 0 amide bonds. The van der Waals surface area contributed by atoms with Crippen LogP contribution in [0.2, 0.25) is 0 Å². The summed E-state index contributed by atoms with van der Waals surface area (Å²) in [7, 11) is 0. The van der Waals surface area contributed by atoms with Crippen molar-refractivity contribution in [1.82, 2.24) is 4.98 Å². The minimum Gasteiger partial charge on any atom is -0.591 e. The van der Waals surface area contributed by atoms with Crippen LogP contribution in [0.3, 0.4) is 0 Å². The molecule has 0 saturated carbocycles. The molecule has 0 radical (unpaired) electrons. The molecule has 130 valence electrons. The van der Waals surface area contributed by atoms with Crippen LogP contribution in [0.25, 0.3) is 0 Å². The molecular formula is C14H18F4N2O2S. The summed E-state index contributed by atoms with van der Waals surface area (Å²) in [6.07, 6.45) is -1.36. The lowest BCUT2D eigenvalue weighted by atomic mass is 10.2. The van der Waals surface area contributed by atoms with E-state index in [0.717, 1.165) is 6.20 Å². The second-order valence-electron chi connectivity index (χ2n) is 5.82. The van der Waals surface area contributed by atoms with E-state index in [2.05, 4.69) is 9.38 Å². The summed E-state index contributed by atoms with van der Waals surface area (Å²) in [5.74, 6) is -4.25. The van der Waals surface area contributed by atoms with Gasteiger partial charge in [0.2, 0.25) is 0 Å². The summed E-state index contributed by atoms with van der Waals surface area (Å²) in [5, 5.41) is 0. The molecule has 0 aliphatic rings. The first-order valence-corrected chi connectivity index (χ1v) is 7.75. The van der Waals surface area contributed by atoms with Crippen LogP contribution >= 0.6 is 0 Å². The Morgan fingerprint density at radius 3 is 2.48 bits per heavy atom. The molecule has 0 aliphatic heterocycles. The standard InChI is InChI=1S/C14H18F4N2O2S/c1-9-5-10(6-20-23(21)13(2,3)4)19-7-11(9)22-8-14(17,18)12(15)16/h5-7,12H,8H2,1-4H3/b20-6+. The zero-order chi connectivity index (χ0) is 17.8. The van der Waals surface area contributed by atoms with E-state index < -0.39 is 35.1 Å². The highest BCUT2D eigenvalue weighted by molar-refractivity contribution is 7.91. The molecule has 0 saturated heterocycles. The molecule has 0 fully saturated rings. The molecular weight excluding hydrogens is 336 g/mol. The van der Waals surface area contributed by atoms with Gasteiger partial charge in [0.05, 0.1) is 11.9 Å². The number of nitrogens with zero attached hydrogens (tertiary/aromatic N) is 2. The Morgan fingerprint density at radius 1 is 1.39 bits per heavy atom. The monoisotopic (exact) mass is 354 g/mol. The Hall–Kier alpha value is -1.35. The molecule has 23 heavy (non-hydrogen) atoms. The molecule has 0 aliphatic carbocycles. The van der Waals surface area contributed by atoms with Gasteiger partial charge in [-0.15, -0.1) is 0 Å². The van der Waals surface area contributed by atoms with Gasteiger partial charge in [0.1, 0.15) is 28.1 Å². The van der Waals surface area contributed by atoms with E-state index in [4.69, 9.17) is 4.74 Å². The lowest BCUT2D eigenvalue weighted by molar-refractivity contribution is -0.148. The lowest BCUT2D eigenvalue weighted by Gasteiger charge is -2.18. The predicted octanol–water partition coefficient (Wildman–Crippen LogP) is 3.55. The van der Waals surface area contributed by atoms with Crippen molar-refractivity contribution in [3.8, 4) is 5.75 Å². The van der Waals surface area contributed by atoms with Crippen LogP contribution in [-0.2, 0) is 11.4 Å². The van der Waals surface area contributed by atoms with Gasteiger partial charge in [-0.1, -0.05) is 4.40 Å². The first-order chi connectivity index (χ1) is 10.4. The minimum absolute atomic E-state index is 0.0283. The molecule has 1 aromatic heterocycles. The molecule has 1 heterocycles. The fourth-order valence-corrected chi connectivity index (χ4v) is 1.80. The Labute approximate surface area is 135 Å². The highest BCUT2D eigenvalue weighted by Crippen LogP contribution is 2.25. The van der Waals surface area contributed by atoms with Crippen LogP contribution in [0.5, 0.6) is 5.75 Å². The van der Waals surface area contributed by atoms with Crippen molar-refractivity contribution in [3.05, 3.63) is 23.5 Å². The van der Waals surface area contributed by atoms with Gasteiger partial charge in [-0.2, -0.15) is 8.78 Å². The quantitative estimate of drug-likeness (QED) is 0.446. The van der Waals surface area contributed by atoms with E-state index in [1.54, 1.807) is 27.7 Å². The Morgan fingerprint density at radius 2 is 2.00 bits per heavy atom. The number of alkyl halides is 4. The largest absolute Gasteiger partial charge is 0.591 e. The van der Waals surface area contributed by atoms with E-state index in [1.165, 1.54) is 12.3 Å². The van der Waals surface area contributed by atoms with E-state index in [-0.39, 0.29) is 5.75 Å².